The first-order valence-electron chi connectivity index (χ1n) is 0.996. The first-order chi connectivity index (χ1) is 1.41. The van der Waals surface area contributed by atoms with Gasteiger partial charge in [-0.1, -0.05) is 6.92 Å². The van der Waals surface area contributed by atoms with E-state index in [2.05, 4.69) is 0 Å². The molecule has 0 radical (unpaired) electrons. The summed E-state index contributed by atoms with van der Waals surface area (Å²) in [6.07, 6.45) is 0. The normalized spacial score (nSPS) is 3.60. The van der Waals surface area contributed by atoms with Gasteiger partial charge in [0.15, 0.2) is 17.4 Å². The van der Waals surface area contributed by atoms with Crippen molar-refractivity contribution in [1.29, 1.82) is 0 Å². The second-order valence-corrected chi connectivity index (χ2v) is 0.289. The molecule has 0 aromatic rings. The molecule has 0 aromatic carbocycles. The van der Waals surface area contributed by atoms with Gasteiger partial charge in [-0.2, -0.15) is 0 Å². The van der Waals surface area contributed by atoms with Crippen molar-refractivity contribution in [2.45, 2.75) is 6.92 Å². The summed E-state index contributed by atoms with van der Waals surface area (Å²) in [5.41, 5.74) is 0. The third kappa shape index (κ3) is 30.1. The summed E-state index contributed by atoms with van der Waals surface area (Å²) < 4.78 is 0. The molecule has 0 atom stereocenters. The zero-order valence-electron chi connectivity index (χ0n) is 3.12. The van der Waals surface area contributed by atoms with Crippen LogP contribution in [0.1, 0.15) is 6.92 Å². The molecule has 0 aromatic heterocycles. The van der Waals surface area contributed by atoms with Crippen molar-refractivity contribution in [2.75, 3.05) is 6.61 Å². The fraction of sp³-hybridized carbons (Fsp3) is 1.00. The number of rotatable bonds is 0. The molecule has 0 aliphatic rings. The van der Waals surface area contributed by atoms with Gasteiger partial charge in [0.25, 0.3) is 0 Å². The maximum atomic E-state index is 8.93. The van der Waals surface area contributed by atoms with Crippen LogP contribution in [0, 0.1) is 0 Å². The third-order valence-electron chi connectivity index (χ3n) is 0. The zero-order valence-corrected chi connectivity index (χ0v) is 5.12. The van der Waals surface area contributed by atoms with Crippen LogP contribution in [0.25, 0.3) is 0 Å². The fourth-order valence-electron chi connectivity index (χ4n) is 0. The van der Waals surface area contributed by atoms with E-state index in [0.717, 1.165) is 0 Å². The first kappa shape index (κ1) is 16.1. The van der Waals surface area contributed by atoms with Gasteiger partial charge in [0, 0.05) is 0 Å². The largest absolute Gasteiger partial charge is 1.00 e. The van der Waals surface area contributed by atoms with Crippen molar-refractivity contribution in [3.8, 4) is 0 Å². The smallest absolute Gasteiger partial charge is 0.855 e. The fourth-order valence-corrected chi connectivity index (χ4v) is 0. The van der Waals surface area contributed by atoms with Crippen molar-refractivity contribution in [3.05, 3.63) is 0 Å². The van der Waals surface area contributed by atoms with Gasteiger partial charge in [-0.15, -0.1) is 6.61 Å². The van der Waals surface area contributed by atoms with E-state index in [-0.39, 0.29) is 53.5 Å². The molecular formula is C2H8AlNaO. The topological polar surface area (TPSA) is 23.1 Å². The molecule has 0 aliphatic carbocycles. The standard InChI is InChI=1S/C2H5O.Al.Na.3H/c1-2-3;;;;;/h2H2,1H3;;;;;/q-1;;+1;;;. The molecule has 0 unspecified atom stereocenters. The van der Waals surface area contributed by atoms with Gasteiger partial charge in [0.2, 0.25) is 0 Å². The summed E-state index contributed by atoms with van der Waals surface area (Å²) in [5, 5.41) is 8.93. The first-order valence-corrected chi connectivity index (χ1v) is 0.996. The number of hydrogen-bond donors (Lipinski definition) is 0. The van der Waals surface area contributed by atoms with E-state index in [1.54, 1.807) is 6.92 Å². The van der Waals surface area contributed by atoms with Crippen LogP contribution in [0.4, 0.5) is 0 Å². The van der Waals surface area contributed by atoms with E-state index in [4.69, 9.17) is 5.11 Å². The van der Waals surface area contributed by atoms with Crippen LogP contribution >= 0.6 is 0 Å². The Kier molecular flexibility index (Phi) is 57.3. The van der Waals surface area contributed by atoms with E-state index >= 15 is 0 Å². The van der Waals surface area contributed by atoms with Gasteiger partial charge >= 0.3 is 29.6 Å². The zero-order chi connectivity index (χ0) is 2.71. The molecular weight excluding hydrogens is 90.0 g/mol. The second-order valence-electron chi connectivity index (χ2n) is 0.289. The Morgan fingerprint density at radius 1 is 1.60 bits per heavy atom. The van der Waals surface area contributed by atoms with Gasteiger partial charge in [-0.25, -0.2) is 0 Å². The minimum Gasteiger partial charge on any atom is -0.855 e. The van der Waals surface area contributed by atoms with Crippen molar-refractivity contribution >= 4 is 17.4 Å². The molecule has 0 amide bonds. The summed E-state index contributed by atoms with van der Waals surface area (Å²) in [6.45, 7) is 1.57. The SMILES string of the molecule is CC[O-].[AlH3].[Na+]. The van der Waals surface area contributed by atoms with Crippen LogP contribution in [0.2, 0.25) is 0 Å². The second kappa shape index (κ2) is 17.8. The Labute approximate surface area is 65.2 Å². The van der Waals surface area contributed by atoms with E-state index in [1.807, 2.05) is 0 Å². The average molecular weight is 98.1 g/mol. The van der Waals surface area contributed by atoms with E-state index in [9.17, 15) is 0 Å². The van der Waals surface area contributed by atoms with Gasteiger partial charge in [0.05, 0.1) is 0 Å². The van der Waals surface area contributed by atoms with Gasteiger partial charge in [-0.05, 0) is 0 Å². The summed E-state index contributed by atoms with van der Waals surface area (Å²) >= 11 is 0. The van der Waals surface area contributed by atoms with Crippen LogP contribution < -0.4 is 34.7 Å². The predicted octanol–water partition coefficient (Wildman–Crippen LogP) is -4.81. The molecule has 0 saturated heterocycles. The van der Waals surface area contributed by atoms with Crippen molar-refractivity contribution < 1.29 is 34.7 Å². The average Bonchev–Trinajstić information content (AvgIpc) is 0.918. The summed E-state index contributed by atoms with van der Waals surface area (Å²) in [6, 6.07) is 0. The molecule has 5 heavy (non-hydrogen) atoms. The van der Waals surface area contributed by atoms with Gasteiger partial charge in [0.1, 0.15) is 0 Å². The van der Waals surface area contributed by atoms with E-state index in [1.165, 1.54) is 0 Å². The monoisotopic (exact) mass is 98.0 g/mol. The Morgan fingerprint density at radius 2 is 1.60 bits per heavy atom. The molecule has 26 valence electrons. The predicted molar refractivity (Wildman–Crippen MR) is 20.5 cm³/mol. The molecule has 3 heteroatoms. The Balaban J connectivity index is -0.0000000200. The van der Waals surface area contributed by atoms with E-state index < -0.39 is 0 Å². The van der Waals surface area contributed by atoms with Crippen LogP contribution in [0.5, 0.6) is 0 Å². The maximum absolute atomic E-state index is 8.93. The molecule has 0 aliphatic heterocycles. The van der Waals surface area contributed by atoms with Crippen molar-refractivity contribution in [1.82, 2.24) is 0 Å². The van der Waals surface area contributed by atoms with Crippen LogP contribution in [-0.4, -0.2) is 24.0 Å². The molecule has 1 nitrogen and oxygen atoms in total. The Hall–Kier alpha value is 1.49. The molecule has 0 saturated carbocycles. The van der Waals surface area contributed by atoms with Gasteiger partial charge < -0.3 is 5.11 Å². The van der Waals surface area contributed by atoms with E-state index in [0.29, 0.717) is 0 Å². The Morgan fingerprint density at radius 3 is 1.60 bits per heavy atom. The van der Waals surface area contributed by atoms with Gasteiger partial charge in [-0.3, -0.25) is 0 Å². The van der Waals surface area contributed by atoms with Crippen molar-refractivity contribution in [3.63, 3.8) is 0 Å². The minimum absolute atomic E-state index is 0. The van der Waals surface area contributed by atoms with Crippen LogP contribution in [0.3, 0.4) is 0 Å². The molecule has 0 heterocycles. The van der Waals surface area contributed by atoms with Crippen LogP contribution in [-0.2, 0) is 0 Å². The molecule has 0 fully saturated rings. The molecule has 0 N–H and O–H groups in total. The third-order valence-corrected chi connectivity index (χ3v) is 0. The van der Waals surface area contributed by atoms with Crippen LogP contribution in [0.15, 0.2) is 0 Å². The summed E-state index contributed by atoms with van der Waals surface area (Å²) in [7, 11) is 0. The molecule has 0 bridgehead atoms. The maximum Gasteiger partial charge on any atom is 1.00 e. The quantitative estimate of drug-likeness (QED) is 0.279. The molecule has 0 rings (SSSR count). The number of hydrogen-bond acceptors (Lipinski definition) is 1. The minimum atomic E-state index is 0. The summed E-state index contributed by atoms with van der Waals surface area (Å²) in [5.74, 6) is 0. The molecule has 0 spiro atoms. The summed E-state index contributed by atoms with van der Waals surface area (Å²) in [4.78, 5) is 0. The van der Waals surface area contributed by atoms with Crippen molar-refractivity contribution in [2.24, 2.45) is 0 Å². The Bertz CT molecular complexity index is 9.61.